The van der Waals surface area contributed by atoms with Crippen LogP contribution in [0.1, 0.15) is 32.1 Å². The van der Waals surface area contributed by atoms with Crippen molar-refractivity contribution in [3.8, 4) is 0 Å². The van der Waals surface area contributed by atoms with Gasteiger partial charge in [-0.05, 0) is 37.5 Å². The Morgan fingerprint density at radius 1 is 1.29 bits per heavy atom. The Bertz CT molecular complexity index is 359. The van der Waals surface area contributed by atoms with E-state index in [1.54, 1.807) is 7.11 Å². The van der Waals surface area contributed by atoms with Gasteiger partial charge in [-0.1, -0.05) is 0 Å². The first-order valence-corrected chi connectivity index (χ1v) is 8.19. The van der Waals surface area contributed by atoms with Gasteiger partial charge in [0, 0.05) is 39.3 Å². The average molecular weight is 297 g/mol. The number of likely N-dealkylation sites (tertiary alicyclic amines) is 1. The molecule has 0 aromatic carbocycles. The summed E-state index contributed by atoms with van der Waals surface area (Å²) in [4.78, 5) is 14.6. The van der Waals surface area contributed by atoms with Crippen LogP contribution in [0.4, 0.5) is 0 Å². The molecule has 3 aliphatic rings. The molecule has 3 fully saturated rings. The van der Waals surface area contributed by atoms with Crippen molar-refractivity contribution >= 4 is 5.91 Å². The van der Waals surface area contributed by atoms with Crippen LogP contribution in [-0.2, 0) is 19.0 Å². The number of hydrogen-bond acceptors (Lipinski definition) is 4. The predicted octanol–water partition coefficient (Wildman–Crippen LogP) is 1.46. The normalized spacial score (nSPS) is 30.0. The van der Waals surface area contributed by atoms with E-state index >= 15 is 0 Å². The highest BCUT2D eigenvalue weighted by molar-refractivity contribution is 5.79. The van der Waals surface area contributed by atoms with Crippen LogP contribution in [0.25, 0.3) is 0 Å². The van der Waals surface area contributed by atoms with Crippen LogP contribution in [0.15, 0.2) is 0 Å². The molecule has 3 rings (SSSR count). The zero-order chi connectivity index (χ0) is 14.7. The lowest BCUT2D eigenvalue weighted by Gasteiger charge is -2.40. The van der Waals surface area contributed by atoms with Gasteiger partial charge < -0.3 is 19.1 Å². The van der Waals surface area contributed by atoms with Gasteiger partial charge in [0.15, 0.2) is 0 Å². The van der Waals surface area contributed by atoms with E-state index in [-0.39, 0.29) is 17.4 Å². The fraction of sp³-hybridized carbons (Fsp3) is 0.938. The number of carbonyl (C=O) groups is 1. The number of carbonyl (C=O) groups excluding carboxylic acids is 1. The second-order valence-electron chi connectivity index (χ2n) is 6.80. The van der Waals surface area contributed by atoms with E-state index in [4.69, 9.17) is 14.2 Å². The van der Waals surface area contributed by atoms with Gasteiger partial charge in [0.25, 0.3) is 0 Å². The monoisotopic (exact) mass is 297 g/mol. The summed E-state index contributed by atoms with van der Waals surface area (Å²) in [6.07, 6.45) is 5.25. The van der Waals surface area contributed by atoms with Gasteiger partial charge in [0.05, 0.1) is 19.3 Å². The van der Waals surface area contributed by atoms with Crippen LogP contribution in [-0.4, -0.2) is 63.5 Å². The van der Waals surface area contributed by atoms with Crippen LogP contribution in [0.5, 0.6) is 0 Å². The summed E-state index contributed by atoms with van der Waals surface area (Å²) in [5.74, 6) is 0.536. The predicted molar refractivity (Wildman–Crippen MR) is 78.0 cm³/mol. The molecule has 0 aromatic heterocycles. The lowest BCUT2D eigenvalue weighted by molar-refractivity contribution is -0.140. The quantitative estimate of drug-likeness (QED) is 0.791. The van der Waals surface area contributed by atoms with Crippen molar-refractivity contribution < 1.29 is 19.0 Å². The minimum atomic E-state index is 0.189. The van der Waals surface area contributed by atoms with E-state index in [0.717, 1.165) is 65.0 Å². The van der Waals surface area contributed by atoms with Crippen LogP contribution in [0.2, 0.25) is 0 Å². The number of ether oxygens (including phenoxy) is 3. The number of piperidine rings is 1. The van der Waals surface area contributed by atoms with Gasteiger partial charge in [0.2, 0.25) is 5.91 Å². The molecule has 1 spiro atoms. The number of hydrogen-bond donors (Lipinski definition) is 0. The largest absolute Gasteiger partial charge is 0.382 e. The first-order valence-electron chi connectivity index (χ1n) is 8.19. The van der Waals surface area contributed by atoms with E-state index in [2.05, 4.69) is 4.90 Å². The fourth-order valence-corrected chi connectivity index (χ4v) is 3.94. The molecular formula is C16H27NO4. The maximum Gasteiger partial charge on any atom is 0.225 e. The molecule has 5 heteroatoms. The SMILES string of the molecule is COCC1CC2(CCN(C(=O)C3CCOCC3)CC2)CO1. The van der Waals surface area contributed by atoms with Gasteiger partial charge in [-0.3, -0.25) is 4.79 Å². The summed E-state index contributed by atoms with van der Waals surface area (Å²) in [5, 5.41) is 0. The summed E-state index contributed by atoms with van der Waals surface area (Å²) in [7, 11) is 1.73. The van der Waals surface area contributed by atoms with Crippen molar-refractivity contribution in [2.45, 2.75) is 38.2 Å². The molecule has 0 aromatic rings. The Morgan fingerprint density at radius 2 is 2.00 bits per heavy atom. The maximum atomic E-state index is 12.5. The second-order valence-corrected chi connectivity index (χ2v) is 6.80. The Kier molecular flexibility index (Phi) is 4.82. The smallest absolute Gasteiger partial charge is 0.225 e. The Labute approximate surface area is 126 Å². The molecule has 3 heterocycles. The van der Waals surface area contributed by atoms with Gasteiger partial charge >= 0.3 is 0 Å². The molecule has 21 heavy (non-hydrogen) atoms. The molecule has 0 N–H and O–H groups in total. The highest BCUT2D eigenvalue weighted by Crippen LogP contribution is 2.42. The molecular weight excluding hydrogens is 270 g/mol. The number of amides is 1. The average Bonchev–Trinajstić information content (AvgIpc) is 2.91. The summed E-state index contributed by atoms with van der Waals surface area (Å²) in [5.41, 5.74) is 0.287. The van der Waals surface area contributed by atoms with Gasteiger partial charge in [-0.25, -0.2) is 0 Å². The van der Waals surface area contributed by atoms with Gasteiger partial charge in [-0.15, -0.1) is 0 Å². The highest BCUT2D eigenvalue weighted by atomic mass is 16.5. The van der Waals surface area contributed by atoms with Crippen LogP contribution in [0, 0.1) is 11.3 Å². The molecule has 3 saturated heterocycles. The molecule has 5 nitrogen and oxygen atoms in total. The molecule has 0 aliphatic carbocycles. The summed E-state index contributed by atoms with van der Waals surface area (Å²) in [6, 6.07) is 0. The topological polar surface area (TPSA) is 48.0 Å². The van der Waals surface area contributed by atoms with E-state index in [1.165, 1.54) is 0 Å². The molecule has 0 saturated carbocycles. The third kappa shape index (κ3) is 3.41. The minimum Gasteiger partial charge on any atom is -0.382 e. The summed E-state index contributed by atoms with van der Waals surface area (Å²) >= 11 is 0. The lowest BCUT2D eigenvalue weighted by Crippen LogP contribution is -2.46. The minimum absolute atomic E-state index is 0.189. The number of nitrogens with zero attached hydrogens (tertiary/aromatic N) is 1. The van der Waals surface area contributed by atoms with Crippen molar-refractivity contribution in [3.63, 3.8) is 0 Å². The number of methoxy groups -OCH3 is 1. The Balaban J connectivity index is 1.49. The Morgan fingerprint density at radius 3 is 2.67 bits per heavy atom. The summed E-state index contributed by atoms with van der Waals surface area (Å²) < 4.78 is 16.4. The third-order valence-electron chi connectivity index (χ3n) is 5.34. The molecule has 3 aliphatic heterocycles. The fourth-order valence-electron chi connectivity index (χ4n) is 3.94. The third-order valence-corrected chi connectivity index (χ3v) is 5.34. The van der Waals surface area contributed by atoms with E-state index in [1.807, 2.05) is 0 Å². The lowest BCUT2D eigenvalue weighted by atomic mass is 9.76. The first kappa shape index (κ1) is 15.3. The standard InChI is InChI=1S/C16H27NO4/c1-19-11-14-10-16(12-21-14)4-6-17(7-5-16)15(18)13-2-8-20-9-3-13/h13-14H,2-12H2,1H3. The van der Waals surface area contributed by atoms with Crippen molar-refractivity contribution in [2.24, 2.45) is 11.3 Å². The maximum absolute atomic E-state index is 12.5. The van der Waals surface area contributed by atoms with E-state index in [0.29, 0.717) is 12.5 Å². The molecule has 1 unspecified atom stereocenters. The highest BCUT2D eigenvalue weighted by Gasteiger charge is 2.43. The van der Waals surface area contributed by atoms with E-state index in [9.17, 15) is 4.79 Å². The first-order chi connectivity index (χ1) is 10.2. The molecule has 1 amide bonds. The van der Waals surface area contributed by atoms with Crippen LogP contribution >= 0.6 is 0 Å². The van der Waals surface area contributed by atoms with Crippen LogP contribution in [0.3, 0.4) is 0 Å². The van der Waals surface area contributed by atoms with Crippen LogP contribution < -0.4 is 0 Å². The molecule has 0 bridgehead atoms. The van der Waals surface area contributed by atoms with Crippen molar-refractivity contribution in [2.75, 3.05) is 46.6 Å². The molecule has 0 radical (unpaired) electrons. The Hall–Kier alpha value is -0.650. The zero-order valence-corrected chi connectivity index (χ0v) is 13.0. The molecule has 120 valence electrons. The summed E-state index contributed by atoms with van der Waals surface area (Å²) in [6.45, 7) is 4.77. The second kappa shape index (κ2) is 6.63. The van der Waals surface area contributed by atoms with Crippen molar-refractivity contribution in [1.82, 2.24) is 4.90 Å². The van der Waals surface area contributed by atoms with Crippen molar-refractivity contribution in [1.29, 1.82) is 0 Å². The van der Waals surface area contributed by atoms with Crippen molar-refractivity contribution in [3.05, 3.63) is 0 Å². The molecule has 1 atom stereocenters. The number of rotatable bonds is 3. The van der Waals surface area contributed by atoms with Gasteiger partial charge in [-0.2, -0.15) is 0 Å². The zero-order valence-electron chi connectivity index (χ0n) is 13.0. The van der Waals surface area contributed by atoms with Gasteiger partial charge in [0.1, 0.15) is 0 Å². The van der Waals surface area contributed by atoms with E-state index < -0.39 is 0 Å².